The number of hydrogen-bond donors (Lipinski definition) is 4. The van der Waals surface area contributed by atoms with Crippen LogP contribution in [0.15, 0.2) is 30.3 Å². The van der Waals surface area contributed by atoms with E-state index in [4.69, 9.17) is 4.74 Å². The van der Waals surface area contributed by atoms with E-state index in [9.17, 15) is 33.6 Å². The van der Waals surface area contributed by atoms with Gasteiger partial charge in [-0.25, -0.2) is 0 Å². The average Bonchev–Trinajstić information content (AvgIpc) is 3.25. The van der Waals surface area contributed by atoms with Gasteiger partial charge in [-0.15, -0.1) is 0 Å². The SMILES string of the molecule is Cc1c(C2OC(CO)C(O)C(O)C2O)cc(Cc2ccc(C(F)(F)F)cc2)c2c1CCC2. The number of fused-ring (bicyclic) bond motifs is 1. The summed E-state index contributed by atoms with van der Waals surface area (Å²) in [6, 6.07) is 6.96. The highest BCUT2D eigenvalue weighted by Gasteiger charge is 2.44. The van der Waals surface area contributed by atoms with Crippen LogP contribution in [0.4, 0.5) is 13.2 Å². The number of halogens is 3. The van der Waals surface area contributed by atoms with E-state index in [-0.39, 0.29) is 0 Å². The third-order valence-corrected chi connectivity index (χ3v) is 6.70. The van der Waals surface area contributed by atoms with E-state index in [0.29, 0.717) is 12.0 Å². The van der Waals surface area contributed by atoms with Crippen LogP contribution in [0.3, 0.4) is 0 Å². The Morgan fingerprint density at radius 1 is 0.969 bits per heavy atom. The van der Waals surface area contributed by atoms with Gasteiger partial charge in [0.05, 0.1) is 12.2 Å². The molecule has 5 atom stereocenters. The lowest BCUT2D eigenvalue weighted by molar-refractivity contribution is -0.231. The lowest BCUT2D eigenvalue weighted by Crippen LogP contribution is -2.55. The van der Waals surface area contributed by atoms with Crippen LogP contribution in [0.25, 0.3) is 0 Å². The summed E-state index contributed by atoms with van der Waals surface area (Å²) in [6.45, 7) is 1.41. The maximum absolute atomic E-state index is 12.9. The average molecular weight is 452 g/mol. The van der Waals surface area contributed by atoms with Gasteiger partial charge >= 0.3 is 6.18 Å². The Morgan fingerprint density at radius 3 is 2.25 bits per heavy atom. The molecule has 32 heavy (non-hydrogen) atoms. The van der Waals surface area contributed by atoms with E-state index >= 15 is 0 Å². The molecule has 0 saturated carbocycles. The molecule has 4 N–H and O–H groups in total. The summed E-state index contributed by atoms with van der Waals surface area (Å²) < 4.78 is 44.5. The topological polar surface area (TPSA) is 90.2 Å². The van der Waals surface area contributed by atoms with Crippen molar-refractivity contribution in [1.29, 1.82) is 0 Å². The molecule has 0 bridgehead atoms. The van der Waals surface area contributed by atoms with Gasteiger partial charge in [0.15, 0.2) is 0 Å². The van der Waals surface area contributed by atoms with Crippen LogP contribution < -0.4 is 0 Å². The standard InChI is InChI=1S/C24H27F3O5/c1-12-16-3-2-4-17(16)14(9-13-5-7-15(8-6-13)24(25,26)27)10-18(12)23-22(31)21(30)20(29)19(11-28)32-23/h5-8,10,19-23,28-31H,2-4,9,11H2,1H3. The van der Waals surface area contributed by atoms with Gasteiger partial charge in [-0.2, -0.15) is 13.2 Å². The first-order valence-electron chi connectivity index (χ1n) is 10.7. The molecule has 4 rings (SSSR count). The van der Waals surface area contributed by atoms with Crippen LogP contribution >= 0.6 is 0 Å². The molecule has 1 heterocycles. The number of aliphatic hydroxyl groups excluding tert-OH is 4. The second-order valence-corrected chi connectivity index (χ2v) is 8.68. The molecule has 1 aliphatic heterocycles. The predicted molar refractivity (Wildman–Crippen MR) is 110 cm³/mol. The normalized spacial score (nSPS) is 28.1. The maximum Gasteiger partial charge on any atom is 0.416 e. The molecule has 174 valence electrons. The summed E-state index contributed by atoms with van der Waals surface area (Å²) in [4.78, 5) is 0. The summed E-state index contributed by atoms with van der Waals surface area (Å²) >= 11 is 0. The molecule has 0 aromatic heterocycles. The number of ether oxygens (including phenoxy) is 1. The van der Waals surface area contributed by atoms with Gasteiger partial charge < -0.3 is 25.2 Å². The fourth-order valence-electron chi connectivity index (χ4n) is 4.91. The Balaban J connectivity index is 1.71. The van der Waals surface area contributed by atoms with Crippen LogP contribution in [0.2, 0.25) is 0 Å². The Morgan fingerprint density at radius 2 is 1.62 bits per heavy atom. The smallest absolute Gasteiger partial charge is 0.394 e. The molecule has 8 heteroatoms. The van der Waals surface area contributed by atoms with Crippen LogP contribution in [0.5, 0.6) is 0 Å². The molecule has 1 saturated heterocycles. The summed E-state index contributed by atoms with van der Waals surface area (Å²) in [5, 5.41) is 40.5. The molecule has 2 aliphatic rings. The summed E-state index contributed by atoms with van der Waals surface area (Å²) in [6.07, 6.45) is -7.56. The van der Waals surface area contributed by atoms with E-state index in [2.05, 4.69) is 0 Å². The molecule has 0 radical (unpaired) electrons. The molecule has 0 amide bonds. The van der Waals surface area contributed by atoms with E-state index < -0.39 is 48.9 Å². The van der Waals surface area contributed by atoms with Gasteiger partial charge in [0, 0.05) is 0 Å². The molecule has 0 spiro atoms. The quantitative estimate of drug-likeness (QED) is 0.573. The first-order valence-corrected chi connectivity index (χ1v) is 10.7. The third-order valence-electron chi connectivity index (χ3n) is 6.70. The van der Waals surface area contributed by atoms with Gasteiger partial charge in [-0.3, -0.25) is 0 Å². The van der Waals surface area contributed by atoms with Crippen molar-refractivity contribution in [2.45, 2.75) is 69.3 Å². The van der Waals surface area contributed by atoms with Crippen molar-refractivity contribution in [2.75, 3.05) is 6.61 Å². The monoisotopic (exact) mass is 452 g/mol. The van der Waals surface area contributed by atoms with Crippen LogP contribution in [-0.4, -0.2) is 51.4 Å². The Kier molecular flexibility index (Phi) is 6.35. The van der Waals surface area contributed by atoms with Crippen molar-refractivity contribution in [2.24, 2.45) is 0 Å². The minimum Gasteiger partial charge on any atom is -0.394 e. The lowest BCUT2D eigenvalue weighted by Gasteiger charge is -2.41. The van der Waals surface area contributed by atoms with Crippen molar-refractivity contribution in [1.82, 2.24) is 0 Å². The van der Waals surface area contributed by atoms with Crippen molar-refractivity contribution < 1.29 is 38.3 Å². The summed E-state index contributed by atoms with van der Waals surface area (Å²) in [7, 11) is 0. The van der Waals surface area contributed by atoms with E-state index in [1.54, 1.807) is 0 Å². The lowest BCUT2D eigenvalue weighted by atomic mass is 9.84. The van der Waals surface area contributed by atoms with E-state index in [1.807, 2.05) is 13.0 Å². The molecule has 5 unspecified atom stereocenters. The number of benzene rings is 2. The fraction of sp³-hybridized carbons (Fsp3) is 0.500. The number of rotatable bonds is 4. The molecular weight excluding hydrogens is 425 g/mol. The zero-order valence-electron chi connectivity index (χ0n) is 17.6. The molecule has 1 fully saturated rings. The summed E-state index contributed by atoms with van der Waals surface area (Å²) in [5.74, 6) is 0. The second-order valence-electron chi connectivity index (χ2n) is 8.68. The van der Waals surface area contributed by atoms with Gasteiger partial charge in [0.2, 0.25) is 0 Å². The van der Waals surface area contributed by atoms with Crippen molar-refractivity contribution in [3.63, 3.8) is 0 Å². The predicted octanol–water partition coefficient (Wildman–Crippen LogP) is 2.61. The third kappa shape index (κ3) is 4.18. The van der Waals surface area contributed by atoms with Crippen molar-refractivity contribution >= 4 is 0 Å². The summed E-state index contributed by atoms with van der Waals surface area (Å²) in [5.41, 5.74) is 4.85. The van der Waals surface area contributed by atoms with Gasteiger partial charge in [-0.1, -0.05) is 18.2 Å². The Hall–Kier alpha value is -1.97. The molecule has 1 aliphatic carbocycles. The fourth-order valence-corrected chi connectivity index (χ4v) is 4.91. The van der Waals surface area contributed by atoms with Gasteiger partial charge in [-0.05, 0) is 78.1 Å². The van der Waals surface area contributed by atoms with Crippen molar-refractivity contribution in [3.05, 3.63) is 69.3 Å². The maximum atomic E-state index is 12.9. The number of alkyl halides is 3. The van der Waals surface area contributed by atoms with E-state index in [0.717, 1.165) is 59.2 Å². The Bertz CT molecular complexity index is 971. The molecular formula is C24H27F3O5. The van der Waals surface area contributed by atoms with Crippen molar-refractivity contribution in [3.8, 4) is 0 Å². The molecule has 5 nitrogen and oxygen atoms in total. The Labute approximate surface area is 184 Å². The van der Waals surface area contributed by atoms with Gasteiger partial charge in [0.25, 0.3) is 0 Å². The largest absolute Gasteiger partial charge is 0.416 e. The molecule has 2 aromatic carbocycles. The number of hydrogen-bond acceptors (Lipinski definition) is 5. The van der Waals surface area contributed by atoms with E-state index in [1.165, 1.54) is 12.1 Å². The first-order chi connectivity index (χ1) is 15.1. The highest BCUT2D eigenvalue weighted by molar-refractivity contribution is 5.50. The highest BCUT2D eigenvalue weighted by atomic mass is 19.4. The zero-order chi connectivity index (χ0) is 23.2. The second kappa shape index (κ2) is 8.76. The zero-order valence-corrected chi connectivity index (χ0v) is 17.6. The van der Waals surface area contributed by atoms with Crippen LogP contribution in [0.1, 0.15) is 51.5 Å². The highest BCUT2D eigenvalue weighted by Crippen LogP contribution is 2.40. The van der Waals surface area contributed by atoms with Gasteiger partial charge in [0.1, 0.15) is 30.5 Å². The molecule has 2 aromatic rings. The van der Waals surface area contributed by atoms with Crippen LogP contribution in [0, 0.1) is 6.92 Å². The first kappa shape index (κ1) is 23.2. The minimum absolute atomic E-state index is 0.422. The number of aliphatic hydroxyl groups is 4. The van der Waals surface area contributed by atoms with Crippen LogP contribution in [-0.2, 0) is 30.2 Å². The minimum atomic E-state index is -4.39.